The van der Waals surface area contributed by atoms with Crippen molar-refractivity contribution in [2.24, 2.45) is 17.8 Å². The van der Waals surface area contributed by atoms with Crippen molar-refractivity contribution in [2.45, 2.75) is 77.7 Å². The normalized spacial score (nSPS) is 32.4. The van der Waals surface area contributed by atoms with Crippen molar-refractivity contribution >= 4 is 23.4 Å². The van der Waals surface area contributed by atoms with E-state index in [2.05, 4.69) is 0 Å². The average molecular weight is 550 g/mol. The number of aryl methyl sites for hydroxylation is 2. The van der Waals surface area contributed by atoms with Gasteiger partial charge >= 0.3 is 0 Å². The van der Waals surface area contributed by atoms with E-state index < -0.39 is 35.1 Å². The highest BCUT2D eigenvalue weighted by Crippen LogP contribution is 2.58. The Hall–Kier alpha value is -2.97. The van der Waals surface area contributed by atoms with E-state index in [4.69, 9.17) is 4.74 Å². The summed E-state index contributed by atoms with van der Waals surface area (Å²) >= 11 is 0. The molecule has 1 N–H and O–H groups in total. The van der Waals surface area contributed by atoms with Crippen LogP contribution in [0.25, 0.3) is 0 Å². The Bertz CT molecular complexity index is 1240. The van der Waals surface area contributed by atoms with Gasteiger partial charge in [0.15, 0.2) is 0 Å². The van der Waals surface area contributed by atoms with Gasteiger partial charge in [0, 0.05) is 25.3 Å². The largest absolute Gasteiger partial charge is 0.394 e. The number of hydrogen-bond acceptors (Lipinski definition) is 5. The van der Waals surface area contributed by atoms with Crippen LogP contribution in [0.1, 0.15) is 51.7 Å². The van der Waals surface area contributed by atoms with Crippen LogP contribution in [0.15, 0.2) is 42.5 Å². The fourth-order valence-electron chi connectivity index (χ4n) is 7.63. The van der Waals surface area contributed by atoms with Gasteiger partial charge in [0.2, 0.25) is 11.8 Å². The van der Waals surface area contributed by atoms with Crippen molar-refractivity contribution in [1.29, 1.82) is 0 Å². The Morgan fingerprint density at radius 3 is 2.30 bits per heavy atom. The lowest BCUT2D eigenvalue weighted by molar-refractivity contribution is -0.151. The highest BCUT2D eigenvalue weighted by Gasteiger charge is 2.75. The maximum absolute atomic E-state index is 14.8. The molecule has 0 aliphatic carbocycles. The number of nitrogens with zero attached hydrogens (tertiary/aromatic N) is 3. The molecule has 5 rings (SSSR count). The van der Waals surface area contributed by atoms with Crippen molar-refractivity contribution in [3.63, 3.8) is 0 Å². The number of rotatable bonds is 7. The predicted octanol–water partition coefficient (Wildman–Crippen LogP) is 3.39. The molecule has 8 heteroatoms. The summed E-state index contributed by atoms with van der Waals surface area (Å²) in [6.45, 7) is 13.0. The number of amides is 3. The van der Waals surface area contributed by atoms with Gasteiger partial charge in [0.1, 0.15) is 11.6 Å². The van der Waals surface area contributed by atoms with Gasteiger partial charge in [-0.05, 0) is 50.7 Å². The summed E-state index contributed by atoms with van der Waals surface area (Å²) in [6, 6.07) is 4.34. The molecule has 2 saturated heterocycles. The number of benzene rings is 1. The molecule has 6 atom stereocenters. The van der Waals surface area contributed by atoms with Crippen LogP contribution in [0.4, 0.5) is 5.69 Å². The summed E-state index contributed by atoms with van der Waals surface area (Å²) in [5.41, 5.74) is 0.360. The highest BCUT2D eigenvalue weighted by atomic mass is 16.5. The minimum Gasteiger partial charge on any atom is -0.394 e. The van der Waals surface area contributed by atoms with Crippen molar-refractivity contribution < 1.29 is 24.2 Å². The van der Waals surface area contributed by atoms with Crippen molar-refractivity contribution in [2.75, 3.05) is 31.1 Å². The maximum Gasteiger partial charge on any atom is 0.253 e. The molecule has 1 unspecified atom stereocenters. The molecule has 40 heavy (non-hydrogen) atoms. The Kier molecular flexibility index (Phi) is 7.46. The number of fused-ring (bicyclic) bond motifs is 2. The zero-order valence-electron chi connectivity index (χ0n) is 24.6. The standard InChI is InChI=1S/C32H43N3O5/c1-7-15-33-16-9-13-31(6)24(28(33)37)25-29(38)35(23(19-36)18-20(2)3)27-30(39)34(17-10-14-32(25,27)40-31)26-21(4)11-8-12-22(26)5/h8-14,20,23-25,27,36H,7,15-19H2,1-6H3/t23-,24-,25+,27?,31+,32+/m1/s1. The summed E-state index contributed by atoms with van der Waals surface area (Å²) in [6.07, 6.45) is 8.98. The van der Waals surface area contributed by atoms with Gasteiger partial charge in [0.05, 0.1) is 30.1 Å². The van der Waals surface area contributed by atoms with Crippen molar-refractivity contribution in [1.82, 2.24) is 9.80 Å². The summed E-state index contributed by atoms with van der Waals surface area (Å²) in [5.74, 6) is -2.13. The number of ether oxygens (including phenoxy) is 1. The van der Waals surface area contributed by atoms with Crippen LogP contribution in [-0.4, -0.2) is 82.2 Å². The number of carbonyl (C=O) groups excluding carboxylic acids is 3. The first kappa shape index (κ1) is 28.6. The molecule has 3 amide bonds. The van der Waals surface area contributed by atoms with Gasteiger partial charge in [-0.2, -0.15) is 0 Å². The summed E-state index contributed by atoms with van der Waals surface area (Å²) < 4.78 is 6.93. The number of carbonyl (C=O) groups is 3. The molecule has 8 nitrogen and oxygen atoms in total. The number of anilines is 1. The van der Waals surface area contributed by atoms with E-state index in [0.717, 1.165) is 23.2 Å². The highest BCUT2D eigenvalue weighted by molar-refractivity contribution is 6.06. The Labute approximate surface area is 237 Å². The molecule has 4 heterocycles. The molecule has 0 aromatic heterocycles. The van der Waals surface area contributed by atoms with E-state index in [0.29, 0.717) is 26.1 Å². The lowest BCUT2D eigenvalue weighted by Gasteiger charge is -2.40. The topological polar surface area (TPSA) is 90.4 Å². The first-order valence-corrected chi connectivity index (χ1v) is 14.7. The van der Waals surface area contributed by atoms with E-state index >= 15 is 0 Å². The molecular formula is C32H43N3O5. The van der Waals surface area contributed by atoms with Crippen molar-refractivity contribution in [3.8, 4) is 0 Å². The van der Waals surface area contributed by atoms with E-state index in [1.54, 1.807) is 14.7 Å². The fraction of sp³-hybridized carbons (Fsp3) is 0.594. The van der Waals surface area contributed by atoms with Gasteiger partial charge in [-0.15, -0.1) is 0 Å². The maximum atomic E-state index is 14.8. The number of likely N-dealkylation sites (tertiary alicyclic amines) is 1. The SMILES string of the molecule is CCCN1CC=C[C@]2(C)O[C@]34C=CCN(c5c(C)cccc5C)C(=O)C3N([C@@H](CO)CC(C)C)C(=O)[C@@H]4[C@@H]2C1=O. The van der Waals surface area contributed by atoms with Crippen LogP contribution in [0.5, 0.6) is 0 Å². The Balaban J connectivity index is 1.69. The van der Waals surface area contributed by atoms with Gasteiger partial charge < -0.3 is 24.5 Å². The van der Waals surface area contributed by atoms with Crippen LogP contribution in [0.3, 0.4) is 0 Å². The smallest absolute Gasteiger partial charge is 0.253 e. The summed E-state index contributed by atoms with van der Waals surface area (Å²) in [5, 5.41) is 10.6. The van der Waals surface area contributed by atoms with E-state index in [-0.39, 0.29) is 30.2 Å². The molecule has 0 radical (unpaired) electrons. The third-order valence-corrected chi connectivity index (χ3v) is 9.13. The van der Waals surface area contributed by atoms with Crippen LogP contribution in [0, 0.1) is 31.6 Å². The fourth-order valence-corrected chi connectivity index (χ4v) is 7.63. The van der Waals surface area contributed by atoms with Crippen LogP contribution >= 0.6 is 0 Å². The van der Waals surface area contributed by atoms with Crippen LogP contribution in [0.2, 0.25) is 0 Å². The van der Waals surface area contributed by atoms with Gasteiger partial charge in [0.25, 0.3) is 5.91 Å². The molecule has 0 bridgehead atoms. The number of hydrogen-bond donors (Lipinski definition) is 1. The second-order valence-electron chi connectivity index (χ2n) is 12.5. The first-order valence-electron chi connectivity index (χ1n) is 14.7. The van der Waals surface area contributed by atoms with E-state index in [9.17, 15) is 19.5 Å². The van der Waals surface area contributed by atoms with Gasteiger partial charge in [-0.1, -0.05) is 63.3 Å². The van der Waals surface area contributed by atoms with Gasteiger partial charge in [-0.25, -0.2) is 0 Å². The van der Waals surface area contributed by atoms with Crippen LogP contribution in [-0.2, 0) is 19.1 Å². The minimum atomic E-state index is -1.33. The van der Waals surface area contributed by atoms with E-state index in [1.807, 2.05) is 84.0 Å². The zero-order chi connectivity index (χ0) is 29.0. The minimum absolute atomic E-state index is 0.119. The molecule has 1 aromatic carbocycles. The molecule has 1 spiro atoms. The second kappa shape index (κ2) is 10.5. The molecule has 216 valence electrons. The molecule has 2 fully saturated rings. The average Bonchev–Trinajstić information content (AvgIpc) is 3.17. The lowest BCUT2D eigenvalue weighted by atomic mass is 9.74. The zero-order valence-corrected chi connectivity index (χ0v) is 24.6. The first-order chi connectivity index (χ1) is 19.0. The Morgan fingerprint density at radius 1 is 1.00 bits per heavy atom. The number of aliphatic hydroxyl groups is 1. The second-order valence-corrected chi connectivity index (χ2v) is 12.5. The van der Waals surface area contributed by atoms with Crippen LogP contribution < -0.4 is 4.90 Å². The number of para-hydroxylation sites is 1. The molecule has 4 aliphatic heterocycles. The molecular weight excluding hydrogens is 506 g/mol. The summed E-state index contributed by atoms with van der Waals surface area (Å²) in [4.78, 5) is 48.6. The third-order valence-electron chi connectivity index (χ3n) is 9.13. The molecule has 4 aliphatic rings. The monoisotopic (exact) mass is 549 g/mol. The molecule has 0 saturated carbocycles. The quantitative estimate of drug-likeness (QED) is 0.527. The lowest BCUT2D eigenvalue weighted by Crippen LogP contribution is -2.59. The van der Waals surface area contributed by atoms with Gasteiger partial charge in [-0.3, -0.25) is 14.4 Å². The Morgan fingerprint density at radius 2 is 1.68 bits per heavy atom. The van der Waals surface area contributed by atoms with E-state index in [1.165, 1.54) is 0 Å². The molecule has 1 aromatic rings. The summed E-state index contributed by atoms with van der Waals surface area (Å²) in [7, 11) is 0. The number of aliphatic hydroxyl groups excluding tert-OH is 1. The predicted molar refractivity (Wildman–Crippen MR) is 154 cm³/mol. The van der Waals surface area contributed by atoms with Crippen molar-refractivity contribution in [3.05, 3.63) is 53.6 Å². The third kappa shape index (κ3) is 4.22.